The van der Waals surface area contributed by atoms with Crippen molar-refractivity contribution < 1.29 is 31.1 Å². The Labute approximate surface area is 229 Å². The molecule has 0 atom stereocenters. The van der Waals surface area contributed by atoms with Crippen LogP contribution in [0.5, 0.6) is 0 Å². The van der Waals surface area contributed by atoms with E-state index in [2.05, 4.69) is 4.98 Å². The zero-order valence-corrected chi connectivity index (χ0v) is 22.4. The van der Waals surface area contributed by atoms with E-state index in [1.54, 1.807) is 23.0 Å². The average molecular weight is 570 g/mol. The van der Waals surface area contributed by atoms with Gasteiger partial charge in [0, 0.05) is 54.4 Å². The number of halogens is 3. The normalized spacial score (nSPS) is 14.4. The maximum Gasteiger partial charge on any atom is 0.185 e. The van der Waals surface area contributed by atoms with Crippen LogP contribution in [0.2, 0.25) is 0 Å². The Morgan fingerprint density at radius 3 is 2.58 bits per heavy atom. The first-order valence-electron chi connectivity index (χ1n) is 12.7. The van der Waals surface area contributed by atoms with E-state index < -0.39 is 37.9 Å². The molecule has 5 rings (SSSR count). The summed E-state index contributed by atoms with van der Waals surface area (Å²) in [6, 6.07) is 9.89. The van der Waals surface area contributed by atoms with Crippen LogP contribution >= 0.6 is 0 Å². The first-order chi connectivity index (χ1) is 19.1. The molecule has 1 saturated heterocycles. The number of carbonyl (C=O) groups is 1. The van der Waals surface area contributed by atoms with Gasteiger partial charge in [-0.15, -0.1) is 0 Å². The van der Waals surface area contributed by atoms with E-state index in [-0.39, 0.29) is 35.1 Å². The van der Waals surface area contributed by atoms with Crippen LogP contribution in [-0.2, 0) is 31.5 Å². The lowest BCUT2D eigenvalue weighted by atomic mass is 9.99. The minimum Gasteiger partial charge on any atom is -0.381 e. The quantitative estimate of drug-likeness (QED) is 0.279. The van der Waals surface area contributed by atoms with Gasteiger partial charge in [0.25, 0.3) is 0 Å². The number of pyridine rings is 1. The molecule has 11 heteroatoms. The van der Waals surface area contributed by atoms with Crippen LogP contribution in [0.3, 0.4) is 0 Å². The zero-order valence-electron chi connectivity index (χ0n) is 21.6. The number of rotatable bonds is 8. The summed E-state index contributed by atoms with van der Waals surface area (Å²) >= 11 is 0. The van der Waals surface area contributed by atoms with Crippen molar-refractivity contribution in [3.8, 4) is 22.4 Å². The van der Waals surface area contributed by atoms with Crippen molar-refractivity contribution in [2.75, 3.05) is 13.2 Å². The van der Waals surface area contributed by atoms with Crippen LogP contribution < -0.4 is 0 Å². The molecule has 0 N–H and O–H groups in total. The first-order valence-corrected chi connectivity index (χ1v) is 14.3. The highest BCUT2D eigenvalue weighted by Gasteiger charge is 2.26. The van der Waals surface area contributed by atoms with Gasteiger partial charge in [-0.2, -0.15) is 5.10 Å². The molecule has 2 aromatic carbocycles. The molecule has 2 aromatic heterocycles. The molecule has 0 amide bonds. The van der Waals surface area contributed by atoms with Crippen molar-refractivity contribution in [2.24, 2.45) is 0 Å². The third kappa shape index (κ3) is 5.85. The summed E-state index contributed by atoms with van der Waals surface area (Å²) in [6.07, 6.45) is 4.94. The van der Waals surface area contributed by atoms with Crippen molar-refractivity contribution in [1.29, 1.82) is 0 Å². The Kier molecular flexibility index (Phi) is 7.86. The Balaban J connectivity index is 1.59. The Hall–Kier alpha value is -3.83. The largest absolute Gasteiger partial charge is 0.381 e. The van der Waals surface area contributed by atoms with E-state index in [0.717, 1.165) is 12.1 Å². The molecule has 40 heavy (non-hydrogen) atoms. The van der Waals surface area contributed by atoms with Gasteiger partial charge < -0.3 is 4.74 Å². The topological polar surface area (TPSA) is 91.2 Å². The SMILES string of the molecule is CC(=O)Cc1cc(-c2cn(C3CCOCC3)nc2-c2cccc(CS(=O)(=O)c3cc(F)ccc3F)c2F)ccn1. The minimum atomic E-state index is -4.41. The van der Waals surface area contributed by atoms with Gasteiger partial charge in [0.1, 0.15) is 33.8 Å². The van der Waals surface area contributed by atoms with Crippen LogP contribution in [0.15, 0.2) is 65.8 Å². The lowest BCUT2D eigenvalue weighted by molar-refractivity contribution is -0.116. The summed E-state index contributed by atoms with van der Waals surface area (Å²) in [7, 11) is -4.41. The molecule has 1 fully saturated rings. The van der Waals surface area contributed by atoms with Gasteiger partial charge in [-0.1, -0.05) is 12.1 Å². The fourth-order valence-corrected chi connectivity index (χ4v) is 6.25. The molecule has 3 heterocycles. The van der Waals surface area contributed by atoms with Gasteiger partial charge in [0.2, 0.25) is 0 Å². The molecular formula is C29H26F3N3O4S. The maximum atomic E-state index is 16.0. The van der Waals surface area contributed by atoms with E-state index >= 15 is 4.39 Å². The van der Waals surface area contributed by atoms with E-state index in [1.807, 2.05) is 6.20 Å². The third-order valence-corrected chi connectivity index (χ3v) is 8.44. The fraction of sp³-hybridized carbons (Fsp3) is 0.276. The number of Topliss-reactive ketones (excluding diaryl/α,β-unsaturated/α-hetero) is 1. The molecular weight excluding hydrogens is 543 g/mol. The number of sulfone groups is 1. The summed E-state index contributed by atoms with van der Waals surface area (Å²) in [6.45, 7) is 2.59. The number of ketones is 1. The first kappa shape index (κ1) is 27.7. The molecule has 0 bridgehead atoms. The lowest BCUT2D eigenvalue weighted by Gasteiger charge is -2.22. The van der Waals surface area contributed by atoms with Crippen molar-refractivity contribution in [1.82, 2.24) is 14.8 Å². The van der Waals surface area contributed by atoms with Crippen LogP contribution in [0.4, 0.5) is 13.2 Å². The smallest absolute Gasteiger partial charge is 0.185 e. The van der Waals surface area contributed by atoms with Gasteiger partial charge in [-0.05, 0) is 61.7 Å². The Morgan fingerprint density at radius 2 is 1.82 bits per heavy atom. The summed E-state index contributed by atoms with van der Waals surface area (Å²) in [5.41, 5.74) is 1.91. The molecule has 0 unspecified atom stereocenters. The van der Waals surface area contributed by atoms with Crippen molar-refractivity contribution in [3.63, 3.8) is 0 Å². The summed E-state index contributed by atoms with van der Waals surface area (Å²) in [4.78, 5) is 15.1. The van der Waals surface area contributed by atoms with E-state index in [4.69, 9.17) is 9.84 Å². The summed E-state index contributed by atoms with van der Waals surface area (Å²) in [5.74, 6) is -3.80. The molecule has 0 radical (unpaired) electrons. The molecule has 7 nitrogen and oxygen atoms in total. The van der Waals surface area contributed by atoms with Gasteiger partial charge in [-0.3, -0.25) is 14.5 Å². The van der Waals surface area contributed by atoms with Crippen LogP contribution in [0, 0.1) is 17.5 Å². The van der Waals surface area contributed by atoms with E-state index in [1.165, 1.54) is 25.1 Å². The summed E-state index contributed by atoms with van der Waals surface area (Å²) in [5, 5.41) is 4.73. The Morgan fingerprint density at radius 1 is 1.05 bits per heavy atom. The van der Waals surface area contributed by atoms with Gasteiger partial charge in [0.05, 0.1) is 11.8 Å². The number of hydrogen-bond acceptors (Lipinski definition) is 6. The molecule has 0 spiro atoms. The molecule has 4 aromatic rings. The average Bonchev–Trinajstić information content (AvgIpc) is 3.37. The number of ether oxygens (including phenoxy) is 1. The number of nitrogens with zero attached hydrogens (tertiary/aromatic N) is 3. The number of hydrogen-bond donors (Lipinski definition) is 0. The summed E-state index contributed by atoms with van der Waals surface area (Å²) < 4.78 is 77.1. The standard InChI is InChI=1S/C29H26F3N3O4S/c1-18(36)13-22-14-19(7-10-33-22)25-16-35(23-8-11-39-12-9-23)34-29(25)24-4-2-3-20(28(24)32)17-40(37,38)27-15-21(30)5-6-26(27)31/h2-7,10,14-16,23H,8-9,11-13,17H2,1H3. The predicted molar refractivity (Wildman–Crippen MR) is 142 cm³/mol. The molecule has 1 aliphatic heterocycles. The zero-order chi connectivity index (χ0) is 28.4. The van der Waals surface area contributed by atoms with Gasteiger partial charge >= 0.3 is 0 Å². The van der Waals surface area contributed by atoms with Gasteiger partial charge in [-0.25, -0.2) is 21.6 Å². The van der Waals surface area contributed by atoms with Crippen LogP contribution in [-0.4, -0.2) is 42.2 Å². The van der Waals surface area contributed by atoms with Crippen LogP contribution in [0.25, 0.3) is 22.4 Å². The third-order valence-electron chi connectivity index (χ3n) is 6.76. The highest BCUT2D eigenvalue weighted by atomic mass is 32.2. The van der Waals surface area contributed by atoms with E-state index in [9.17, 15) is 22.0 Å². The second-order valence-corrected chi connectivity index (χ2v) is 11.7. The number of carbonyl (C=O) groups excluding carboxylic acids is 1. The predicted octanol–water partition coefficient (Wildman–Crippen LogP) is 5.49. The monoisotopic (exact) mass is 569 g/mol. The lowest BCUT2D eigenvalue weighted by Crippen LogP contribution is -2.19. The van der Waals surface area contributed by atoms with Crippen LogP contribution in [0.1, 0.15) is 37.1 Å². The van der Waals surface area contributed by atoms with Crippen molar-refractivity contribution in [3.05, 3.63) is 89.6 Å². The van der Waals surface area contributed by atoms with Crippen molar-refractivity contribution >= 4 is 15.6 Å². The molecule has 1 aliphatic rings. The van der Waals surface area contributed by atoms with Gasteiger partial charge in [0.15, 0.2) is 9.84 Å². The van der Waals surface area contributed by atoms with E-state index in [0.29, 0.717) is 48.9 Å². The minimum absolute atomic E-state index is 0.0161. The second kappa shape index (κ2) is 11.3. The highest BCUT2D eigenvalue weighted by Crippen LogP contribution is 2.36. The molecule has 208 valence electrons. The molecule has 0 aliphatic carbocycles. The maximum absolute atomic E-state index is 16.0. The highest BCUT2D eigenvalue weighted by molar-refractivity contribution is 7.90. The molecule has 0 saturated carbocycles. The fourth-order valence-electron chi connectivity index (χ4n) is 4.81. The number of benzene rings is 2. The Bertz CT molecular complexity index is 1680. The second-order valence-electron chi connectivity index (χ2n) is 9.74. The van der Waals surface area contributed by atoms with Crippen molar-refractivity contribution in [2.45, 2.75) is 42.9 Å². The number of aromatic nitrogens is 3.